The summed E-state index contributed by atoms with van der Waals surface area (Å²) in [6, 6.07) is 8.39. The van der Waals surface area contributed by atoms with Crippen LogP contribution in [0.2, 0.25) is 0 Å². The molecule has 1 N–H and O–H groups in total. The van der Waals surface area contributed by atoms with E-state index in [1.165, 1.54) is 12.1 Å². The van der Waals surface area contributed by atoms with Gasteiger partial charge in [0, 0.05) is 32.3 Å². The third-order valence-electron chi connectivity index (χ3n) is 5.06. The van der Waals surface area contributed by atoms with E-state index in [0.29, 0.717) is 0 Å². The molecule has 24 heavy (non-hydrogen) atoms. The third kappa shape index (κ3) is 3.47. The molecule has 0 bridgehead atoms. The summed E-state index contributed by atoms with van der Waals surface area (Å²) in [6.45, 7) is 1.80. The van der Waals surface area contributed by atoms with Crippen LogP contribution in [0.5, 0.6) is 0 Å². The molecule has 1 saturated heterocycles. The number of benzene rings is 1. The van der Waals surface area contributed by atoms with Crippen molar-refractivity contribution in [1.29, 1.82) is 5.26 Å². The first-order chi connectivity index (χ1) is 11.5. The molecule has 2 aliphatic rings. The van der Waals surface area contributed by atoms with Crippen molar-refractivity contribution in [2.75, 3.05) is 20.2 Å². The minimum Gasteiger partial charge on any atom is -0.380 e. The lowest BCUT2D eigenvalue weighted by Crippen LogP contribution is -2.48. The fourth-order valence-corrected chi connectivity index (χ4v) is 5.28. The van der Waals surface area contributed by atoms with Crippen molar-refractivity contribution in [3.8, 4) is 6.07 Å². The van der Waals surface area contributed by atoms with E-state index >= 15 is 0 Å². The monoisotopic (exact) mass is 349 g/mol. The number of rotatable bonds is 5. The molecule has 1 saturated carbocycles. The van der Waals surface area contributed by atoms with Gasteiger partial charge < -0.3 is 4.74 Å². The van der Waals surface area contributed by atoms with Crippen molar-refractivity contribution in [1.82, 2.24) is 9.62 Å². The first kappa shape index (κ1) is 17.4. The van der Waals surface area contributed by atoms with Crippen LogP contribution in [0.25, 0.3) is 0 Å². The Balaban J connectivity index is 1.76. The number of sulfonamides is 1. The lowest BCUT2D eigenvalue weighted by Gasteiger charge is -2.29. The maximum absolute atomic E-state index is 12.7. The first-order valence-corrected chi connectivity index (χ1v) is 9.82. The van der Waals surface area contributed by atoms with E-state index in [1.54, 1.807) is 19.2 Å². The van der Waals surface area contributed by atoms with E-state index in [4.69, 9.17) is 10.00 Å². The van der Waals surface area contributed by atoms with Gasteiger partial charge in [0.05, 0.1) is 16.6 Å². The predicted octanol–water partition coefficient (Wildman–Crippen LogP) is 1.48. The number of likely N-dealkylation sites (tertiary alicyclic amines) is 1. The number of nitriles is 1. The van der Waals surface area contributed by atoms with Crippen molar-refractivity contribution < 1.29 is 13.2 Å². The molecular formula is C17H23N3O3S. The van der Waals surface area contributed by atoms with Gasteiger partial charge in [0.1, 0.15) is 6.07 Å². The summed E-state index contributed by atoms with van der Waals surface area (Å²) >= 11 is 0. The van der Waals surface area contributed by atoms with Crippen molar-refractivity contribution in [3.63, 3.8) is 0 Å². The molecule has 1 aliphatic carbocycles. The third-order valence-corrected chi connectivity index (χ3v) is 6.61. The molecule has 3 atom stereocenters. The Labute approximate surface area is 143 Å². The van der Waals surface area contributed by atoms with Crippen LogP contribution >= 0.6 is 0 Å². The number of nitrogens with one attached hydrogen (secondary N) is 1. The van der Waals surface area contributed by atoms with Gasteiger partial charge in [-0.2, -0.15) is 5.26 Å². The van der Waals surface area contributed by atoms with E-state index in [1.807, 2.05) is 6.07 Å². The number of hydrogen-bond acceptors (Lipinski definition) is 5. The van der Waals surface area contributed by atoms with Crippen LogP contribution in [0.1, 0.15) is 31.2 Å². The zero-order valence-corrected chi connectivity index (χ0v) is 14.6. The molecule has 1 aromatic carbocycles. The summed E-state index contributed by atoms with van der Waals surface area (Å²) in [5, 5.41) is 9.16. The summed E-state index contributed by atoms with van der Waals surface area (Å²) in [4.78, 5) is 2.40. The lowest BCUT2D eigenvalue weighted by molar-refractivity contribution is 0.0991. The molecule has 7 heteroatoms. The van der Waals surface area contributed by atoms with Gasteiger partial charge in [0.2, 0.25) is 10.0 Å². The summed E-state index contributed by atoms with van der Waals surface area (Å²) < 4.78 is 33.8. The Morgan fingerprint density at radius 1 is 1.29 bits per heavy atom. The van der Waals surface area contributed by atoms with Crippen LogP contribution in [0.3, 0.4) is 0 Å². The molecule has 3 rings (SSSR count). The maximum atomic E-state index is 12.7. The van der Waals surface area contributed by atoms with Gasteiger partial charge in [-0.25, -0.2) is 13.1 Å². The van der Waals surface area contributed by atoms with Gasteiger partial charge >= 0.3 is 0 Å². The first-order valence-electron chi connectivity index (χ1n) is 8.33. The quantitative estimate of drug-likeness (QED) is 0.871. The molecular weight excluding hydrogens is 326 g/mol. The van der Waals surface area contributed by atoms with E-state index in [2.05, 4.69) is 9.62 Å². The van der Waals surface area contributed by atoms with Crippen LogP contribution < -0.4 is 4.72 Å². The SMILES string of the molecule is COC1CCN([C@H]2CCC[C@H]2NS(=O)(=O)c2ccccc2C#N)C1. The maximum Gasteiger partial charge on any atom is 0.242 e. The van der Waals surface area contributed by atoms with Gasteiger partial charge in [-0.1, -0.05) is 18.6 Å². The zero-order valence-electron chi connectivity index (χ0n) is 13.8. The van der Waals surface area contributed by atoms with E-state index in [-0.39, 0.29) is 28.6 Å². The van der Waals surface area contributed by atoms with Gasteiger partial charge in [-0.05, 0) is 31.4 Å². The van der Waals surface area contributed by atoms with E-state index in [9.17, 15) is 8.42 Å². The average molecular weight is 349 g/mol. The second-order valence-corrected chi connectivity index (χ2v) is 8.16. The number of hydrogen-bond donors (Lipinski definition) is 1. The highest BCUT2D eigenvalue weighted by molar-refractivity contribution is 7.89. The highest BCUT2D eigenvalue weighted by atomic mass is 32.2. The Hall–Kier alpha value is -1.46. The molecule has 130 valence electrons. The van der Waals surface area contributed by atoms with Crippen molar-refractivity contribution in [2.24, 2.45) is 0 Å². The smallest absolute Gasteiger partial charge is 0.242 e. The second-order valence-electron chi connectivity index (χ2n) is 6.48. The summed E-state index contributed by atoms with van der Waals surface area (Å²) in [5.74, 6) is 0. The fraction of sp³-hybridized carbons (Fsp3) is 0.588. The Morgan fingerprint density at radius 2 is 2.08 bits per heavy atom. The summed E-state index contributed by atoms with van der Waals surface area (Å²) in [5.41, 5.74) is 0.181. The minimum absolute atomic E-state index is 0.0642. The van der Waals surface area contributed by atoms with Crippen molar-refractivity contribution in [2.45, 2.75) is 48.8 Å². The number of nitrogens with zero attached hydrogens (tertiary/aromatic N) is 2. The zero-order chi connectivity index (χ0) is 17.2. The lowest BCUT2D eigenvalue weighted by atomic mass is 10.1. The average Bonchev–Trinajstić information content (AvgIpc) is 3.23. The summed E-state index contributed by atoms with van der Waals surface area (Å²) in [6.07, 6.45) is 4.05. The topological polar surface area (TPSA) is 82.4 Å². The molecule has 0 amide bonds. The van der Waals surface area contributed by atoms with Crippen LogP contribution in [-0.2, 0) is 14.8 Å². The van der Waals surface area contributed by atoms with Crippen molar-refractivity contribution >= 4 is 10.0 Å². The predicted molar refractivity (Wildman–Crippen MR) is 89.9 cm³/mol. The molecule has 1 aliphatic heterocycles. The molecule has 1 heterocycles. The number of ether oxygens (including phenoxy) is 1. The van der Waals surface area contributed by atoms with Gasteiger partial charge in [0.15, 0.2) is 0 Å². The largest absolute Gasteiger partial charge is 0.380 e. The molecule has 0 radical (unpaired) electrons. The van der Waals surface area contributed by atoms with Crippen LogP contribution in [0.4, 0.5) is 0 Å². The second kappa shape index (κ2) is 7.19. The van der Waals surface area contributed by atoms with E-state index in [0.717, 1.165) is 38.8 Å². The molecule has 6 nitrogen and oxygen atoms in total. The molecule has 1 unspecified atom stereocenters. The minimum atomic E-state index is -3.70. The van der Waals surface area contributed by atoms with Gasteiger partial charge in [-0.15, -0.1) is 0 Å². The highest BCUT2D eigenvalue weighted by Gasteiger charge is 2.38. The standard InChI is InChI=1S/C17H23N3O3S/c1-23-14-9-10-20(12-14)16-7-4-6-15(16)19-24(21,22)17-8-3-2-5-13(17)11-18/h2-3,5,8,14-16,19H,4,6-7,9-10,12H2,1H3/t14?,15-,16+/m1/s1. The van der Waals surface area contributed by atoms with Crippen LogP contribution in [-0.4, -0.2) is 51.7 Å². The fourth-order valence-electron chi connectivity index (χ4n) is 3.82. The normalized spacial score (nSPS) is 28.1. The van der Waals surface area contributed by atoms with Gasteiger partial charge in [-0.3, -0.25) is 4.90 Å². The molecule has 0 aromatic heterocycles. The van der Waals surface area contributed by atoms with Gasteiger partial charge in [0.25, 0.3) is 0 Å². The molecule has 1 aromatic rings. The Bertz CT molecular complexity index is 729. The van der Waals surface area contributed by atoms with E-state index < -0.39 is 10.0 Å². The Morgan fingerprint density at radius 3 is 2.79 bits per heavy atom. The Kier molecular flexibility index (Phi) is 5.21. The highest BCUT2D eigenvalue weighted by Crippen LogP contribution is 2.29. The van der Waals surface area contributed by atoms with Crippen LogP contribution in [0.15, 0.2) is 29.2 Å². The van der Waals surface area contributed by atoms with Crippen molar-refractivity contribution in [3.05, 3.63) is 29.8 Å². The molecule has 2 fully saturated rings. The summed E-state index contributed by atoms with van der Waals surface area (Å²) in [7, 11) is -1.97. The molecule has 0 spiro atoms. The van der Waals surface area contributed by atoms with Crippen LogP contribution in [0, 0.1) is 11.3 Å². The number of methoxy groups -OCH3 is 1.